The second-order valence-corrected chi connectivity index (χ2v) is 7.43. The Bertz CT molecular complexity index is 1030. The van der Waals surface area contributed by atoms with Gasteiger partial charge in [0.05, 0.1) is 0 Å². The van der Waals surface area contributed by atoms with Crippen LogP contribution < -0.4 is 4.74 Å². The van der Waals surface area contributed by atoms with Gasteiger partial charge < -0.3 is 39.7 Å². The maximum Gasteiger partial charge on any atom is 0.330 e. The number of aromatic hydroxyl groups is 1. The van der Waals surface area contributed by atoms with Crippen LogP contribution in [-0.2, 0) is 19.1 Å². The van der Waals surface area contributed by atoms with Crippen LogP contribution in [-0.4, -0.2) is 74.8 Å². The van der Waals surface area contributed by atoms with E-state index in [1.54, 1.807) is 24.3 Å². The fourth-order valence-electron chi connectivity index (χ4n) is 3.07. The number of phenols is 1. The van der Waals surface area contributed by atoms with E-state index in [-0.39, 0.29) is 11.5 Å². The van der Waals surface area contributed by atoms with Crippen LogP contribution in [0.25, 0.3) is 12.2 Å². The standard InChI is InChI=1S/C24H24O10/c25-16-7-1-14(2-8-16)6-12-20(28)32-13-18-21(29)22(30)23(31)24(34-18)33-17-9-3-15(4-10-17)5-11-19(26)27/h1-12,18,21-25,29-31H,13H2,(H,26,27)/t18-,21-,22+,23-,24-/m1/s1. The van der Waals surface area contributed by atoms with E-state index in [1.807, 2.05) is 0 Å². The summed E-state index contributed by atoms with van der Waals surface area (Å²) in [7, 11) is 0. The summed E-state index contributed by atoms with van der Waals surface area (Å²) < 4.78 is 16.2. The lowest BCUT2D eigenvalue weighted by Crippen LogP contribution is -2.60. The van der Waals surface area contributed by atoms with E-state index >= 15 is 0 Å². The normalized spacial score (nSPS) is 24.9. The number of aliphatic hydroxyl groups excluding tert-OH is 3. The fraction of sp³-hybridized carbons (Fsp3) is 0.250. The van der Waals surface area contributed by atoms with E-state index in [1.165, 1.54) is 36.4 Å². The van der Waals surface area contributed by atoms with Crippen LogP contribution in [0.2, 0.25) is 0 Å². The predicted octanol–water partition coefficient (Wildman–Crippen LogP) is 0.933. The molecule has 0 aliphatic carbocycles. The SMILES string of the molecule is O=C(O)C=Cc1ccc(O[C@@H]2O[C@H](COC(=O)C=Cc3ccc(O)cc3)[C@@H](O)[C@H](O)[C@H]2O)cc1. The summed E-state index contributed by atoms with van der Waals surface area (Å²) in [6.45, 7) is -0.414. The van der Waals surface area contributed by atoms with E-state index in [4.69, 9.17) is 19.3 Å². The topological polar surface area (TPSA) is 163 Å². The third kappa shape index (κ3) is 6.90. The first-order valence-electron chi connectivity index (χ1n) is 10.2. The number of carboxylic acids is 1. The highest BCUT2D eigenvalue weighted by Crippen LogP contribution is 2.25. The number of carbonyl (C=O) groups is 2. The summed E-state index contributed by atoms with van der Waals surface area (Å²) >= 11 is 0. The van der Waals surface area contributed by atoms with Gasteiger partial charge in [0.1, 0.15) is 42.5 Å². The Morgan fingerprint density at radius 1 is 0.853 bits per heavy atom. The van der Waals surface area contributed by atoms with Crippen LogP contribution in [0.3, 0.4) is 0 Å². The van der Waals surface area contributed by atoms with Crippen molar-refractivity contribution < 1.29 is 49.3 Å². The zero-order valence-electron chi connectivity index (χ0n) is 17.8. The molecule has 0 amide bonds. The van der Waals surface area contributed by atoms with Crippen molar-refractivity contribution in [2.45, 2.75) is 30.7 Å². The largest absolute Gasteiger partial charge is 0.508 e. The molecule has 0 radical (unpaired) electrons. The second kappa shape index (κ2) is 11.4. The first-order valence-corrected chi connectivity index (χ1v) is 10.2. The van der Waals surface area contributed by atoms with Gasteiger partial charge in [-0.1, -0.05) is 24.3 Å². The Kier molecular flexibility index (Phi) is 8.39. The van der Waals surface area contributed by atoms with Gasteiger partial charge in [-0.3, -0.25) is 0 Å². The van der Waals surface area contributed by atoms with Crippen molar-refractivity contribution in [3.8, 4) is 11.5 Å². The molecule has 5 N–H and O–H groups in total. The van der Waals surface area contributed by atoms with Crippen LogP contribution >= 0.6 is 0 Å². The van der Waals surface area contributed by atoms with Crippen LogP contribution in [0.5, 0.6) is 11.5 Å². The van der Waals surface area contributed by atoms with Crippen LogP contribution in [0.1, 0.15) is 11.1 Å². The van der Waals surface area contributed by atoms with Gasteiger partial charge in [0.15, 0.2) is 0 Å². The predicted molar refractivity (Wildman–Crippen MR) is 119 cm³/mol. The highest BCUT2D eigenvalue weighted by molar-refractivity contribution is 5.87. The molecule has 2 aromatic rings. The van der Waals surface area contributed by atoms with Crippen molar-refractivity contribution in [2.75, 3.05) is 6.61 Å². The van der Waals surface area contributed by atoms with E-state index in [0.717, 1.165) is 12.2 Å². The molecule has 1 fully saturated rings. The van der Waals surface area contributed by atoms with Gasteiger partial charge in [0, 0.05) is 12.2 Å². The van der Waals surface area contributed by atoms with E-state index in [9.17, 15) is 30.0 Å². The Morgan fingerprint density at radius 3 is 2.06 bits per heavy atom. The Labute approximate surface area is 194 Å². The van der Waals surface area contributed by atoms with Crippen molar-refractivity contribution in [2.24, 2.45) is 0 Å². The number of phenolic OH excluding ortho intramolecular Hbond substituents is 1. The molecule has 1 saturated heterocycles. The van der Waals surface area contributed by atoms with Crippen LogP contribution in [0.4, 0.5) is 0 Å². The van der Waals surface area contributed by atoms with Gasteiger partial charge >= 0.3 is 11.9 Å². The molecule has 0 saturated carbocycles. The highest BCUT2D eigenvalue weighted by atomic mass is 16.7. The Morgan fingerprint density at radius 2 is 1.44 bits per heavy atom. The lowest BCUT2D eigenvalue weighted by atomic mass is 9.99. The van der Waals surface area contributed by atoms with E-state index in [0.29, 0.717) is 11.1 Å². The molecule has 1 heterocycles. The molecule has 34 heavy (non-hydrogen) atoms. The number of aliphatic hydroxyl groups is 3. The number of hydrogen-bond acceptors (Lipinski definition) is 9. The van der Waals surface area contributed by atoms with Gasteiger partial charge in [-0.15, -0.1) is 0 Å². The molecule has 180 valence electrons. The molecule has 1 aliphatic heterocycles. The minimum atomic E-state index is -1.62. The second-order valence-electron chi connectivity index (χ2n) is 7.43. The molecule has 3 rings (SSSR count). The fourth-order valence-corrected chi connectivity index (χ4v) is 3.07. The molecular formula is C24H24O10. The minimum absolute atomic E-state index is 0.0895. The zero-order chi connectivity index (χ0) is 24.7. The van der Waals surface area contributed by atoms with Gasteiger partial charge in [0.2, 0.25) is 6.29 Å². The maximum atomic E-state index is 12.0. The molecule has 1 aliphatic rings. The smallest absolute Gasteiger partial charge is 0.330 e. The Balaban J connectivity index is 1.58. The number of esters is 1. The summed E-state index contributed by atoms with van der Waals surface area (Å²) in [4.78, 5) is 22.6. The molecule has 10 heteroatoms. The molecule has 0 spiro atoms. The molecular weight excluding hydrogens is 448 g/mol. The zero-order valence-corrected chi connectivity index (χ0v) is 17.8. The average molecular weight is 472 g/mol. The van der Waals surface area contributed by atoms with Crippen molar-refractivity contribution in [3.63, 3.8) is 0 Å². The molecule has 0 aromatic heterocycles. The number of benzene rings is 2. The molecule has 0 bridgehead atoms. The van der Waals surface area contributed by atoms with E-state index in [2.05, 4.69) is 0 Å². The van der Waals surface area contributed by atoms with Crippen LogP contribution in [0.15, 0.2) is 60.7 Å². The van der Waals surface area contributed by atoms with Crippen molar-refractivity contribution in [1.82, 2.24) is 0 Å². The monoisotopic (exact) mass is 472 g/mol. The summed E-state index contributed by atoms with van der Waals surface area (Å²) in [6.07, 6.45) is -2.28. The highest BCUT2D eigenvalue weighted by Gasteiger charge is 2.45. The first kappa shape index (κ1) is 24.9. The maximum absolute atomic E-state index is 12.0. The number of aliphatic carboxylic acids is 1. The quantitative estimate of drug-likeness (QED) is 0.276. The minimum Gasteiger partial charge on any atom is -0.508 e. The van der Waals surface area contributed by atoms with Gasteiger partial charge in [-0.05, 0) is 47.5 Å². The Hall–Kier alpha value is -3.70. The third-order valence-electron chi connectivity index (χ3n) is 4.91. The number of hydrogen-bond donors (Lipinski definition) is 5. The van der Waals surface area contributed by atoms with E-state index < -0.39 is 49.3 Å². The van der Waals surface area contributed by atoms with Crippen molar-refractivity contribution in [3.05, 3.63) is 71.8 Å². The lowest BCUT2D eigenvalue weighted by molar-refractivity contribution is -0.278. The van der Waals surface area contributed by atoms with Crippen molar-refractivity contribution in [1.29, 1.82) is 0 Å². The summed E-state index contributed by atoms with van der Waals surface area (Å²) in [5, 5.41) is 48.5. The van der Waals surface area contributed by atoms with Gasteiger partial charge in [-0.2, -0.15) is 0 Å². The first-order chi connectivity index (χ1) is 16.2. The average Bonchev–Trinajstić information content (AvgIpc) is 2.82. The third-order valence-corrected chi connectivity index (χ3v) is 4.91. The molecule has 2 aromatic carbocycles. The molecule has 10 nitrogen and oxygen atoms in total. The van der Waals surface area contributed by atoms with Crippen LogP contribution in [0, 0.1) is 0 Å². The summed E-state index contributed by atoms with van der Waals surface area (Å²) in [6, 6.07) is 12.3. The number of carboxylic acid groups (broad SMARTS) is 1. The molecule has 5 atom stereocenters. The number of ether oxygens (including phenoxy) is 3. The van der Waals surface area contributed by atoms with Gasteiger partial charge in [-0.25, -0.2) is 9.59 Å². The number of rotatable bonds is 8. The summed E-state index contributed by atoms with van der Waals surface area (Å²) in [5.74, 6) is -1.47. The number of carbonyl (C=O) groups excluding carboxylic acids is 1. The van der Waals surface area contributed by atoms with Gasteiger partial charge in [0.25, 0.3) is 0 Å². The molecule has 0 unspecified atom stereocenters. The lowest BCUT2D eigenvalue weighted by Gasteiger charge is -2.39. The van der Waals surface area contributed by atoms with Crippen molar-refractivity contribution >= 4 is 24.1 Å². The summed E-state index contributed by atoms with van der Waals surface area (Å²) in [5.41, 5.74) is 1.25.